The summed E-state index contributed by atoms with van der Waals surface area (Å²) < 4.78 is 6.65. The number of rotatable bonds is 3. The van der Waals surface area contributed by atoms with Gasteiger partial charge >= 0.3 is 0 Å². The molecule has 0 radical (unpaired) electrons. The first-order chi connectivity index (χ1) is 9.11. The van der Waals surface area contributed by atoms with E-state index in [1.54, 1.807) is 18.2 Å². The zero-order valence-electron chi connectivity index (χ0n) is 10.3. The minimum Gasteiger partial charge on any atom is -0.455 e. The molecule has 0 aromatic heterocycles. The van der Waals surface area contributed by atoms with Crippen molar-refractivity contribution in [3.05, 3.63) is 58.1 Å². The molecule has 19 heavy (non-hydrogen) atoms. The molecule has 0 fully saturated rings. The lowest BCUT2D eigenvalue weighted by atomic mass is 10.2. The van der Waals surface area contributed by atoms with E-state index in [0.717, 1.165) is 10.0 Å². The number of ether oxygens (including phenoxy) is 1. The molecule has 4 nitrogen and oxygen atoms in total. The first-order valence-corrected chi connectivity index (χ1v) is 6.42. The van der Waals surface area contributed by atoms with Crippen molar-refractivity contribution in [3.63, 3.8) is 0 Å². The lowest BCUT2D eigenvalue weighted by Gasteiger charge is -2.11. The van der Waals surface area contributed by atoms with Crippen LogP contribution in [0.5, 0.6) is 11.5 Å². The summed E-state index contributed by atoms with van der Waals surface area (Å²) in [6.07, 6.45) is 0. The van der Waals surface area contributed by atoms with E-state index in [-0.39, 0.29) is 5.84 Å². The summed E-state index contributed by atoms with van der Waals surface area (Å²) in [7, 11) is 0. The Morgan fingerprint density at radius 3 is 2.63 bits per heavy atom. The maximum atomic E-state index is 8.77. The van der Waals surface area contributed by atoms with Gasteiger partial charge in [0.15, 0.2) is 5.84 Å². The Morgan fingerprint density at radius 1 is 1.21 bits per heavy atom. The van der Waals surface area contributed by atoms with E-state index in [9.17, 15) is 0 Å². The minimum absolute atomic E-state index is 0.0128. The second-order valence-electron chi connectivity index (χ2n) is 4.02. The summed E-state index contributed by atoms with van der Waals surface area (Å²) in [5.41, 5.74) is 7.29. The number of amidine groups is 1. The smallest absolute Gasteiger partial charge is 0.173 e. The predicted octanol–water partition coefficient (Wildman–Crippen LogP) is 3.64. The topological polar surface area (TPSA) is 67.8 Å². The van der Waals surface area contributed by atoms with Gasteiger partial charge in [-0.05, 0) is 52.7 Å². The maximum Gasteiger partial charge on any atom is 0.173 e. The Morgan fingerprint density at radius 2 is 1.95 bits per heavy atom. The number of hydrogen-bond acceptors (Lipinski definition) is 3. The van der Waals surface area contributed by atoms with Crippen LogP contribution in [0.4, 0.5) is 0 Å². The van der Waals surface area contributed by atoms with Gasteiger partial charge in [0.2, 0.25) is 0 Å². The zero-order chi connectivity index (χ0) is 13.8. The Kier molecular flexibility index (Phi) is 4.06. The zero-order valence-corrected chi connectivity index (χ0v) is 11.9. The molecule has 0 aliphatic heterocycles. The van der Waals surface area contributed by atoms with Crippen molar-refractivity contribution in [2.45, 2.75) is 6.92 Å². The summed E-state index contributed by atoms with van der Waals surface area (Å²) in [5.74, 6) is 1.21. The van der Waals surface area contributed by atoms with Gasteiger partial charge in [0.25, 0.3) is 0 Å². The highest BCUT2D eigenvalue weighted by Gasteiger charge is 2.10. The van der Waals surface area contributed by atoms with Gasteiger partial charge in [0.05, 0.1) is 10.0 Å². The SMILES string of the molecule is Cc1ccc(Oc2ccccc2/C(N)=N/O)c(Br)c1. The van der Waals surface area contributed by atoms with E-state index < -0.39 is 0 Å². The van der Waals surface area contributed by atoms with Crippen molar-refractivity contribution >= 4 is 21.8 Å². The number of nitrogens with two attached hydrogens (primary N) is 1. The highest BCUT2D eigenvalue weighted by atomic mass is 79.9. The second kappa shape index (κ2) is 5.75. The molecule has 2 rings (SSSR count). The molecule has 0 bridgehead atoms. The van der Waals surface area contributed by atoms with Gasteiger partial charge in [0, 0.05) is 0 Å². The fraction of sp³-hybridized carbons (Fsp3) is 0.0714. The van der Waals surface area contributed by atoms with Crippen LogP contribution in [-0.2, 0) is 0 Å². The molecule has 0 unspecified atom stereocenters. The number of hydrogen-bond donors (Lipinski definition) is 2. The summed E-state index contributed by atoms with van der Waals surface area (Å²) in [6, 6.07) is 12.9. The van der Waals surface area contributed by atoms with Crippen LogP contribution in [-0.4, -0.2) is 11.0 Å². The molecule has 0 amide bonds. The van der Waals surface area contributed by atoms with Gasteiger partial charge in [-0.25, -0.2) is 0 Å². The van der Waals surface area contributed by atoms with Crippen LogP contribution in [0, 0.1) is 6.92 Å². The predicted molar refractivity (Wildman–Crippen MR) is 77.9 cm³/mol. The molecule has 0 aliphatic carbocycles. The van der Waals surface area contributed by atoms with Crippen LogP contribution in [0.25, 0.3) is 0 Å². The van der Waals surface area contributed by atoms with E-state index in [2.05, 4.69) is 21.1 Å². The van der Waals surface area contributed by atoms with E-state index in [0.29, 0.717) is 17.1 Å². The average molecular weight is 321 g/mol. The highest BCUT2D eigenvalue weighted by molar-refractivity contribution is 9.10. The second-order valence-corrected chi connectivity index (χ2v) is 4.87. The summed E-state index contributed by atoms with van der Waals surface area (Å²) in [5, 5.41) is 11.8. The van der Waals surface area contributed by atoms with Crippen molar-refractivity contribution in [3.8, 4) is 11.5 Å². The number of para-hydroxylation sites is 1. The van der Waals surface area contributed by atoms with E-state index in [1.165, 1.54) is 0 Å². The standard InChI is InChI=1S/C14H13BrN2O2/c1-9-6-7-13(11(15)8-9)19-12-5-3-2-4-10(12)14(16)17-18/h2-8,18H,1H3,(H2,16,17). The molecule has 0 saturated heterocycles. The van der Waals surface area contributed by atoms with Crippen LogP contribution in [0.1, 0.15) is 11.1 Å². The fourth-order valence-electron chi connectivity index (χ4n) is 1.63. The molecule has 3 N–H and O–H groups in total. The molecule has 98 valence electrons. The van der Waals surface area contributed by atoms with Gasteiger partial charge in [-0.2, -0.15) is 0 Å². The van der Waals surface area contributed by atoms with Gasteiger partial charge in [0.1, 0.15) is 11.5 Å². The minimum atomic E-state index is 0.0128. The van der Waals surface area contributed by atoms with Crippen molar-refractivity contribution in [1.82, 2.24) is 0 Å². The lowest BCUT2D eigenvalue weighted by molar-refractivity contribution is 0.318. The highest BCUT2D eigenvalue weighted by Crippen LogP contribution is 2.31. The molecule has 0 spiro atoms. The number of aryl methyl sites for hydroxylation is 1. The van der Waals surface area contributed by atoms with Crippen molar-refractivity contribution in [1.29, 1.82) is 0 Å². The third-order valence-corrected chi connectivity index (χ3v) is 3.20. The van der Waals surface area contributed by atoms with Crippen LogP contribution in [0.2, 0.25) is 0 Å². The molecular weight excluding hydrogens is 308 g/mol. The van der Waals surface area contributed by atoms with Crippen molar-refractivity contribution in [2.24, 2.45) is 10.9 Å². The number of benzene rings is 2. The van der Waals surface area contributed by atoms with E-state index in [4.69, 9.17) is 15.7 Å². The number of nitrogens with zero attached hydrogens (tertiary/aromatic N) is 1. The van der Waals surface area contributed by atoms with E-state index in [1.807, 2.05) is 31.2 Å². The molecule has 0 atom stereocenters. The van der Waals surface area contributed by atoms with Crippen molar-refractivity contribution in [2.75, 3.05) is 0 Å². The van der Waals surface area contributed by atoms with E-state index >= 15 is 0 Å². The van der Waals surface area contributed by atoms with Gasteiger partial charge in [-0.1, -0.05) is 23.4 Å². The lowest BCUT2D eigenvalue weighted by Crippen LogP contribution is -2.14. The Labute approximate surface area is 119 Å². The third kappa shape index (κ3) is 3.06. The summed E-state index contributed by atoms with van der Waals surface area (Å²) >= 11 is 3.45. The quantitative estimate of drug-likeness (QED) is 0.392. The van der Waals surface area contributed by atoms with Crippen LogP contribution >= 0.6 is 15.9 Å². The first kappa shape index (κ1) is 13.4. The Balaban J connectivity index is 2.38. The number of oxime groups is 1. The average Bonchev–Trinajstić information content (AvgIpc) is 2.41. The monoisotopic (exact) mass is 320 g/mol. The molecule has 0 heterocycles. The summed E-state index contributed by atoms with van der Waals surface area (Å²) in [4.78, 5) is 0. The Hall–Kier alpha value is -2.01. The molecule has 5 heteroatoms. The molecule has 0 aliphatic rings. The third-order valence-electron chi connectivity index (χ3n) is 2.58. The Bertz CT molecular complexity index is 627. The molecule has 2 aromatic carbocycles. The van der Waals surface area contributed by atoms with Crippen molar-refractivity contribution < 1.29 is 9.94 Å². The van der Waals surface area contributed by atoms with Crippen LogP contribution < -0.4 is 10.5 Å². The summed E-state index contributed by atoms with van der Waals surface area (Å²) in [6.45, 7) is 2.00. The maximum absolute atomic E-state index is 8.77. The van der Waals surface area contributed by atoms with Crippen LogP contribution in [0.3, 0.4) is 0 Å². The van der Waals surface area contributed by atoms with Gasteiger partial charge in [-0.15, -0.1) is 0 Å². The normalized spacial score (nSPS) is 11.4. The first-order valence-electron chi connectivity index (χ1n) is 5.62. The largest absolute Gasteiger partial charge is 0.455 e. The molecular formula is C14H13BrN2O2. The fourth-order valence-corrected chi connectivity index (χ4v) is 2.20. The van der Waals surface area contributed by atoms with Gasteiger partial charge in [-0.3, -0.25) is 0 Å². The van der Waals surface area contributed by atoms with Crippen LogP contribution in [0.15, 0.2) is 52.1 Å². The van der Waals surface area contributed by atoms with Gasteiger partial charge < -0.3 is 15.7 Å². The number of halogens is 1. The molecule has 2 aromatic rings. The molecule has 0 saturated carbocycles.